The van der Waals surface area contributed by atoms with Crippen molar-refractivity contribution in [1.29, 1.82) is 0 Å². The van der Waals surface area contributed by atoms with Crippen LogP contribution in [0.4, 0.5) is 5.95 Å². The van der Waals surface area contributed by atoms with Crippen LogP contribution in [0.1, 0.15) is 25.7 Å². The second kappa shape index (κ2) is 3.25. The molecule has 1 aromatic heterocycles. The summed E-state index contributed by atoms with van der Waals surface area (Å²) in [5.74, 6) is 1.07. The Hall–Kier alpha value is -1.51. The lowest BCUT2D eigenvalue weighted by Crippen LogP contribution is -2.37. The largest absolute Gasteiger partial charge is 0.342 e. The Labute approximate surface area is 101 Å². The Morgan fingerprint density at radius 3 is 2.88 bits per heavy atom. The number of nitrogens with zero attached hydrogens (tertiary/aromatic N) is 2. The third-order valence-corrected chi connectivity index (χ3v) is 4.29. The molecule has 1 aliphatic carbocycles. The van der Waals surface area contributed by atoms with Crippen LogP contribution in [0.3, 0.4) is 0 Å². The van der Waals surface area contributed by atoms with E-state index in [9.17, 15) is 0 Å². The molecular weight excluding hydrogens is 210 g/mol. The van der Waals surface area contributed by atoms with Crippen molar-refractivity contribution in [3.05, 3.63) is 24.3 Å². The van der Waals surface area contributed by atoms with Crippen molar-refractivity contribution in [3.63, 3.8) is 0 Å². The molecular formula is C14H17N3. The number of aromatic nitrogens is 2. The Balaban J connectivity index is 1.68. The Bertz CT molecular complexity index is 520. The third kappa shape index (κ3) is 1.53. The first-order chi connectivity index (χ1) is 8.35. The Morgan fingerprint density at radius 1 is 1.18 bits per heavy atom. The molecule has 0 unspecified atom stereocenters. The van der Waals surface area contributed by atoms with Gasteiger partial charge in [-0.2, -0.15) is 0 Å². The van der Waals surface area contributed by atoms with Crippen LogP contribution in [-0.4, -0.2) is 23.1 Å². The van der Waals surface area contributed by atoms with Gasteiger partial charge in [0.05, 0.1) is 11.0 Å². The van der Waals surface area contributed by atoms with Crippen molar-refractivity contribution in [2.24, 2.45) is 5.41 Å². The lowest BCUT2D eigenvalue weighted by molar-refractivity contribution is 0.392. The smallest absolute Gasteiger partial charge is 0.203 e. The van der Waals surface area contributed by atoms with Crippen molar-refractivity contribution in [2.75, 3.05) is 18.0 Å². The van der Waals surface area contributed by atoms with Gasteiger partial charge in [0, 0.05) is 13.1 Å². The van der Waals surface area contributed by atoms with Gasteiger partial charge in [0.2, 0.25) is 5.95 Å². The fraction of sp³-hybridized carbons (Fsp3) is 0.500. The minimum absolute atomic E-state index is 0.650. The number of benzene rings is 1. The lowest BCUT2D eigenvalue weighted by atomic mass is 9.95. The van der Waals surface area contributed by atoms with E-state index in [1.54, 1.807) is 0 Å². The lowest BCUT2D eigenvalue weighted by Gasteiger charge is -2.32. The highest BCUT2D eigenvalue weighted by molar-refractivity contribution is 5.77. The Morgan fingerprint density at radius 2 is 2.06 bits per heavy atom. The maximum atomic E-state index is 4.70. The summed E-state index contributed by atoms with van der Waals surface area (Å²) in [6.07, 6.45) is 5.58. The molecule has 4 rings (SSSR count). The zero-order chi connectivity index (χ0) is 11.3. The summed E-state index contributed by atoms with van der Waals surface area (Å²) in [6.45, 7) is 2.36. The number of fused-ring (bicyclic) bond motifs is 1. The SMILES string of the molecule is c1ccc2[nH]c(N3CCCC4(CC4)C3)nc2c1. The van der Waals surface area contributed by atoms with Gasteiger partial charge in [-0.05, 0) is 43.2 Å². The van der Waals surface area contributed by atoms with Crippen molar-refractivity contribution in [2.45, 2.75) is 25.7 Å². The average Bonchev–Trinajstić information content (AvgIpc) is 2.96. The fourth-order valence-electron chi connectivity index (χ4n) is 3.06. The molecule has 2 fully saturated rings. The second-order valence-corrected chi connectivity index (χ2v) is 5.60. The van der Waals surface area contributed by atoms with Gasteiger partial charge < -0.3 is 9.88 Å². The number of para-hydroxylation sites is 2. The highest BCUT2D eigenvalue weighted by Gasteiger charge is 2.45. The molecule has 1 saturated heterocycles. The van der Waals surface area contributed by atoms with E-state index in [0.29, 0.717) is 5.41 Å². The molecule has 17 heavy (non-hydrogen) atoms. The minimum Gasteiger partial charge on any atom is -0.342 e. The van der Waals surface area contributed by atoms with E-state index in [1.165, 1.54) is 32.2 Å². The molecule has 0 radical (unpaired) electrons. The van der Waals surface area contributed by atoms with Gasteiger partial charge in [-0.25, -0.2) is 4.98 Å². The van der Waals surface area contributed by atoms with E-state index in [0.717, 1.165) is 23.5 Å². The van der Waals surface area contributed by atoms with E-state index in [2.05, 4.69) is 28.1 Å². The molecule has 3 heteroatoms. The zero-order valence-electron chi connectivity index (χ0n) is 9.95. The summed E-state index contributed by atoms with van der Waals surface area (Å²) in [5, 5.41) is 0. The normalized spacial score (nSPS) is 22.2. The molecule has 0 atom stereocenters. The molecule has 1 saturated carbocycles. The molecule has 0 bridgehead atoms. The van der Waals surface area contributed by atoms with Crippen LogP contribution >= 0.6 is 0 Å². The molecule has 1 N–H and O–H groups in total. The topological polar surface area (TPSA) is 31.9 Å². The maximum absolute atomic E-state index is 4.70. The van der Waals surface area contributed by atoms with Gasteiger partial charge in [0.15, 0.2) is 0 Å². The van der Waals surface area contributed by atoms with Gasteiger partial charge in [-0.15, -0.1) is 0 Å². The van der Waals surface area contributed by atoms with Crippen LogP contribution in [-0.2, 0) is 0 Å². The van der Waals surface area contributed by atoms with Gasteiger partial charge in [0.25, 0.3) is 0 Å². The van der Waals surface area contributed by atoms with Gasteiger partial charge in [0.1, 0.15) is 0 Å². The number of H-pyrrole nitrogens is 1. The summed E-state index contributed by atoms with van der Waals surface area (Å²) in [7, 11) is 0. The highest BCUT2D eigenvalue weighted by atomic mass is 15.3. The quantitative estimate of drug-likeness (QED) is 0.812. The number of rotatable bonds is 1. The van der Waals surface area contributed by atoms with Crippen molar-refractivity contribution >= 4 is 17.0 Å². The predicted octanol–water partition coefficient (Wildman–Crippen LogP) is 2.94. The molecule has 1 spiro atoms. The van der Waals surface area contributed by atoms with Gasteiger partial charge >= 0.3 is 0 Å². The van der Waals surface area contributed by atoms with E-state index >= 15 is 0 Å². The van der Waals surface area contributed by atoms with Crippen molar-refractivity contribution in [3.8, 4) is 0 Å². The number of hydrogen-bond donors (Lipinski definition) is 1. The monoisotopic (exact) mass is 227 g/mol. The van der Waals surface area contributed by atoms with E-state index in [4.69, 9.17) is 4.98 Å². The van der Waals surface area contributed by atoms with Crippen LogP contribution < -0.4 is 4.90 Å². The minimum atomic E-state index is 0.650. The number of nitrogens with one attached hydrogen (secondary N) is 1. The second-order valence-electron chi connectivity index (χ2n) is 5.60. The van der Waals surface area contributed by atoms with E-state index in [1.807, 2.05) is 6.07 Å². The molecule has 2 heterocycles. The molecule has 88 valence electrons. The number of aromatic amines is 1. The number of hydrogen-bond acceptors (Lipinski definition) is 2. The van der Waals surface area contributed by atoms with Crippen LogP contribution in [0.15, 0.2) is 24.3 Å². The highest BCUT2D eigenvalue weighted by Crippen LogP contribution is 2.52. The maximum Gasteiger partial charge on any atom is 0.203 e. The van der Waals surface area contributed by atoms with Crippen LogP contribution in [0.25, 0.3) is 11.0 Å². The first-order valence-corrected chi connectivity index (χ1v) is 6.54. The summed E-state index contributed by atoms with van der Waals surface area (Å²) < 4.78 is 0. The summed E-state index contributed by atoms with van der Waals surface area (Å²) in [5.41, 5.74) is 2.88. The zero-order valence-corrected chi connectivity index (χ0v) is 9.95. The first kappa shape index (κ1) is 9.51. The third-order valence-electron chi connectivity index (χ3n) is 4.29. The molecule has 2 aromatic rings. The van der Waals surface area contributed by atoms with E-state index < -0.39 is 0 Å². The molecule has 2 aliphatic rings. The summed E-state index contributed by atoms with van der Waals surface area (Å²) in [6, 6.07) is 8.28. The average molecular weight is 227 g/mol. The number of anilines is 1. The van der Waals surface area contributed by atoms with E-state index in [-0.39, 0.29) is 0 Å². The van der Waals surface area contributed by atoms with Crippen molar-refractivity contribution in [1.82, 2.24) is 9.97 Å². The molecule has 1 aliphatic heterocycles. The molecule has 1 aromatic carbocycles. The summed E-state index contributed by atoms with van der Waals surface area (Å²) in [4.78, 5) is 10.6. The first-order valence-electron chi connectivity index (χ1n) is 6.54. The van der Waals surface area contributed by atoms with Crippen LogP contribution in [0, 0.1) is 5.41 Å². The molecule has 3 nitrogen and oxygen atoms in total. The summed E-state index contributed by atoms with van der Waals surface area (Å²) >= 11 is 0. The van der Waals surface area contributed by atoms with Crippen LogP contribution in [0.2, 0.25) is 0 Å². The fourth-order valence-corrected chi connectivity index (χ4v) is 3.06. The predicted molar refractivity (Wildman–Crippen MR) is 69.2 cm³/mol. The van der Waals surface area contributed by atoms with Gasteiger partial charge in [-0.1, -0.05) is 12.1 Å². The number of piperidine rings is 1. The standard InChI is InChI=1S/C14H17N3/c1-2-5-12-11(4-1)15-13(16-12)17-9-3-6-14(10-17)7-8-14/h1-2,4-5H,3,6-10H2,(H,15,16). The Kier molecular flexibility index (Phi) is 1.82. The van der Waals surface area contributed by atoms with Crippen molar-refractivity contribution < 1.29 is 0 Å². The van der Waals surface area contributed by atoms with Crippen LogP contribution in [0.5, 0.6) is 0 Å². The molecule has 0 amide bonds. The van der Waals surface area contributed by atoms with Gasteiger partial charge in [-0.3, -0.25) is 0 Å². The number of imidazole rings is 1.